The monoisotopic (exact) mass is 235 g/mol. The zero-order valence-electron chi connectivity index (χ0n) is 7.54. The number of halogens is 1. The number of nitrogens with zero attached hydrogens (tertiary/aromatic N) is 2. The molecule has 0 aliphatic heterocycles. The van der Waals surface area contributed by atoms with Gasteiger partial charge >= 0.3 is 5.88 Å². The molecule has 0 amide bonds. The van der Waals surface area contributed by atoms with Crippen molar-refractivity contribution in [2.24, 2.45) is 16.6 Å². The molecule has 1 aromatic heterocycles. The second kappa shape index (κ2) is 5.83. The van der Waals surface area contributed by atoms with Crippen LogP contribution in [0.4, 0.5) is 5.88 Å². The van der Waals surface area contributed by atoms with E-state index in [1.165, 1.54) is 12.1 Å². The van der Waals surface area contributed by atoms with Crippen LogP contribution in [0.1, 0.15) is 5.76 Å². The van der Waals surface area contributed by atoms with Crippen LogP contribution in [0, 0.1) is 10.1 Å². The summed E-state index contributed by atoms with van der Waals surface area (Å²) in [6.45, 7) is 0.101. The van der Waals surface area contributed by atoms with E-state index in [4.69, 9.17) is 16.0 Å². The van der Waals surface area contributed by atoms with E-state index in [0.29, 0.717) is 5.76 Å². The van der Waals surface area contributed by atoms with Crippen molar-refractivity contribution < 1.29 is 9.34 Å². The van der Waals surface area contributed by atoms with Gasteiger partial charge < -0.3 is 10.2 Å². The third kappa shape index (κ3) is 3.83. The van der Waals surface area contributed by atoms with E-state index in [1.54, 1.807) is 0 Å². The summed E-state index contributed by atoms with van der Waals surface area (Å²) >= 11 is 0. The van der Waals surface area contributed by atoms with Gasteiger partial charge in [-0.2, -0.15) is 0 Å². The van der Waals surface area contributed by atoms with E-state index in [1.807, 2.05) is 0 Å². The molecule has 8 nitrogen and oxygen atoms in total. The minimum absolute atomic E-state index is 0. The molecule has 9 heteroatoms. The number of rotatable bonds is 3. The number of nitrogens with one attached hydrogen (secondary N) is 1. The van der Waals surface area contributed by atoms with Crippen LogP contribution in [0.5, 0.6) is 0 Å². The van der Waals surface area contributed by atoms with Gasteiger partial charge in [-0.25, -0.2) is 10.8 Å². The molecule has 84 valence electrons. The highest BCUT2D eigenvalue weighted by Crippen LogP contribution is 2.15. The van der Waals surface area contributed by atoms with Crippen molar-refractivity contribution in [3.63, 3.8) is 0 Å². The number of hydrazine groups is 1. The van der Waals surface area contributed by atoms with E-state index in [9.17, 15) is 10.1 Å². The molecule has 0 aromatic carbocycles. The van der Waals surface area contributed by atoms with E-state index in [-0.39, 0.29) is 30.8 Å². The Balaban J connectivity index is 0.00000196. The standard InChI is InChI=1S/C6H9N5O3.ClH/c7-6(10-8)9-3-4-1-2-5(14-4)11(12)13;/h1-2H,3,8H2,(H3,7,9,10);1H. The normalized spacial score (nSPS) is 10.6. The fraction of sp³-hybridized carbons (Fsp3) is 0.167. The summed E-state index contributed by atoms with van der Waals surface area (Å²) in [5.74, 6) is 4.99. The summed E-state index contributed by atoms with van der Waals surface area (Å²) in [7, 11) is 0. The van der Waals surface area contributed by atoms with Crippen LogP contribution in [0.3, 0.4) is 0 Å². The third-order valence-corrected chi connectivity index (χ3v) is 1.38. The molecule has 1 aromatic rings. The maximum atomic E-state index is 10.2. The van der Waals surface area contributed by atoms with Crippen LogP contribution in [0.2, 0.25) is 0 Å². The van der Waals surface area contributed by atoms with Crippen LogP contribution in [-0.2, 0) is 6.54 Å². The molecule has 0 saturated heterocycles. The average molecular weight is 236 g/mol. The summed E-state index contributed by atoms with van der Waals surface area (Å²) < 4.78 is 4.81. The average Bonchev–Trinajstić information content (AvgIpc) is 2.62. The number of guanidine groups is 1. The van der Waals surface area contributed by atoms with Crippen molar-refractivity contribution in [3.8, 4) is 0 Å². The minimum Gasteiger partial charge on any atom is -0.404 e. The van der Waals surface area contributed by atoms with Crippen molar-refractivity contribution in [2.45, 2.75) is 6.54 Å². The number of hydrogen-bond acceptors (Lipinski definition) is 5. The first-order chi connectivity index (χ1) is 6.63. The first kappa shape index (κ1) is 13.2. The molecule has 0 saturated carbocycles. The lowest BCUT2D eigenvalue weighted by molar-refractivity contribution is -0.402. The summed E-state index contributed by atoms with van der Waals surface area (Å²) in [6.07, 6.45) is 0. The minimum atomic E-state index is -0.627. The van der Waals surface area contributed by atoms with Crippen LogP contribution in [0.15, 0.2) is 21.5 Å². The Kier molecular flexibility index (Phi) is 5.13. The van der Waals surface area contributed by atoms with Crippen LogP contribution in [-0.4, -0.2) is 10.9 Å². The largest absolute Gasteiger partial charge is 0.433 e. The van der Waals surface area contributed by atoms with Crippen molar-refractivity contribution in [1.29, 1.82) is 0 Å². The Hall–Kier alpha value is -1.80. The number of nitrogens with two attached hydrogens (primary N) is 2. The highest BCUT2D eigenvalue weighted by atomic mass is 35.5. The number of furan rings is 1. The summed E-state index contributed by atoms with van der Waals surface area (Å²) in [5.41, 5.74) is 7.34. The van der Waals surface area contributed by atoms with Crippen molar-refractivity contribution in [1.82, 2.24) is 5.43 Å². The second-order valence-electron chi connectivity index (χ2n) is 2.34. The highest BCUT2D eigenvalue weighted by Gasteiger charge is 2.10. The van der Waals surface area contributed by atoms with Gasteiger partial charge in [0.15, 0.2) is 0 Å². The lowest BCUT2D eigenvalue weighted by Gasteiger charge is -1.95. The van der Waals surface area contributed by atoms with E-state index in [2.05, 4.69) is 10.4 Å². The quantitative estimate of drug-likeness (QED) is 0.220. The molecule has 0 bridgehead atoms. The molecule has 1 heterocycles. The van der Waals surface area contributed by atoms with Gasteiger partial charge in [-0.1, -0.05) is 0 Å². The molecular formula is C6H10ClN5O3. The van der Waals surface area contributed by atoms with Gasteiger partial charge in [-0.3, -0.25) is 15.5 Å². The fourth-order valence-electron chi connectivity index (χ4n) is 0.758. The van der Waals surface area contributed by atoms with Gasteiger partial charge in [-0.15, -0.1) is 12.4 Å². The van der Waals surface area contributed by atoms with Crippen molar-refractivity contribution >= 4 is 24.3 Å². The molecule has 0 atom stereocenters. The molecule has 0 radical (unpaired) electrons. The van der Waals surface area contributed by atoms with Crippen LogP contribution < -0.4 is 17.0 Å². The molecule has 0 aliphatic carbocycles. The van der Waals surface area contributed by atoms with Gasteiger partial charge in [-0.05, 0) is 6.07 Å². The van der Waals surface area contributed by atoms with Gasteiger partial charge in [0.25, 0.3) is 0 Å². The Morgan fingerprint density at radius 2 is 2.33 bits per heavy atom. The van der Waals surface area contributed by atoms with Crippen LogP contribution >= 0.6 is 12.4 Å². The summed E-state index contributed by atoms with van der Waals surface area (Å²) in [4.78, 5) is 13.3. The molecule has 15 heavy (non-hydrogen) atoms. The van der Waals surface area contributed by atoms with Crippen LogP contribution in [0.25, 0.3) is 0 Å². The predicted molar refractivity (Wildman–Crippen MR) is 55.3 cm³/mol. The fourth-order valence-corrected chi connectivity index (χ4v) is 0.758. The SMILES string of the molecule is Cl.NNC(N)=NCc1ccc([N+](=O)[O-])o1. The number of aliphatic imine (C=N–C) groups is 1. The Labute approximate surface area is 90.9 Å². The molecule has 5 N–H and O–H groups in total. The lowest BCUT2D eigenvalue weighted by Crippen LogP contribution is -2.37. The smallest absolute Gasteiger partial charge is 0.404 e. The Bertz CT molecular complexity index is 363. The topological polar surface area (TPSA) is 133 Å². The lowest BCUT2D eigenvalue weighted by atomic mass is 10.4. The van der Waals surface area contributed by atoms with Gasteiger partial charge in [0.2, 0.25) is 5.96 Å². The van der Waals surface area contributed by atoms with E-state index in [0.717, 1.165) is 0 Å². The predicted octanol–water partition coefficient (Wildman–Crippen LogP) is -0.112. The first-order valence-corrected chi connectivity index (χ1v) is 3.63. The van der Waals surface area contributed by atoms with Crippen molar-refractivity contribution in [3.05, 3.63) is 28.0 Å². The molecular weight excluding hydrogens is 226 g/mol. The summed E-state index contributed by atoms with van der Waals surface area (Å²) in [5, 5.41) is 10.2. The molecule has 0 aliphatic rings. The highest BCUT2D eigenvalue weighted by molar-refractivity contribution is 5.85. The molecule has 0 unspecified atom stereocenters. The van der Waals surface area contributed by atoms with E-state index < -0.39 is 4.92 Å². The van der Waals surface area contributed by atoms with Gasteiger partial charge in [0.1, 0.15) is 17.2 Å². The van der Waals surface area contributed by atoms with Crippen molar-refractivity contribution in [2.75, 3.05) is 0 Å². The zero-order valence-corrected chi connectivity index (χ0v) is 8.36. The maximum Gasteiger partial charge on any atom is 0.433 e. The number of hydrogen-bond donors (Lipinski definition) is 3. The first-order valence-electron chi connectivity index (χ1n) is 3.63. The zero-order chi connectivity index (χ0) is 10.6. The third-order valence-electron chi connectivity index (χ3n) is 1.38. The Morgan fingerprint density at radius 3 is 2.80 bits per heavy atom. The molecule has 0 fully saturated rings. The maximum absolute atomic E-state index is 10.2. The molecule has 1 rings (SSSR count). The van der Waals surface area contributed by atoms with Gasteiger partial charge in [0.05, 0.1) is 6.07 Å². The molecule has 0 spiro atoms. The summed E-state index contributed by atoms with van der Waals surface area (Å²) in [6, 6.07) is 2.70. The number of nitro groups is 1. The second-order valence-corrected chi connectivity index (χ2v) is 2.34. The van der Waals surface area contributed by atoms with Gasteiger partial charge in [0, 0.05) is 0 Å². The van der Waals surface area contributed by atoms with E-state index >= 15 is 0 Å². The Morgan fingerprint density at radius 1 is 1.67 bits per heavy atom.